The number of morpholine rings is 1. The van der Waals surface area contributed by atoms with Gasteiger partial charge in [0.25, 0.3) is 16.0 Å². The second kappa shape index (κ2) is 26.8. The van der Waals surface area contributed by atoms with Crippen molar-refractivity contribution in [2.75, 3.05) is 110 Å². The number of rotatable bonds is 26. The van der Waals surface area contributed by atoms with Crippen molar-refractivity contribution in [1.82, 2.24) is 30.3 Å². The third-order valence-corrected chi connectivity index (χ3v) is 14.9. The van der Waals surface area contributed by atoms with Gasteiger partial charge in [0.15, 0.2) is 5.69 Å². The van der Waals surface area contributed by atoms with E-state index < -0.39 is 39.5 Å². The third kappa shape index (κ3) is 14.6. The lowest BCUT2D eigenvalue weighted by molar-refractivity contribution is -0.122. The number of benzene rings is 4. The molecule has 2 aliphatic heterocycles. The Balaban J connectivity index is 0.676. The van der Waals surface area contributed by atoms with Crippen LogP contribution >= 0.6 is 23.2 Å². The molecule has 4 heterocycles. The molecule has 0 radical (unpaired) electrons. The average Bonchev–Trinajstić information content (AvgIpc) is 4.17. The van der Waals surface area contributed by atoms with Crippen LogP contribution in [0.5, 0.6) is 11.5 Å². The Bertz CT molecular complexity index is 3280. The molecule has 6 aromatic rings. The van der Waals surface area contributed by atoms with Gasteiger partial charge < -0.3 is 58.7 Å². The average molecular weight is 1170 g/mol. The van der Waals surface area contributed by atoms with Crippen LogP contribution in [0.15, 0.2) is 97.3 Å². The number of amides is 3. The Morgan fingerprint density at radius 1 is 0.815 bits per heavy atom. The fraction of sp³-hybridized carbons (Fsp3) is 0.386. The van der Waals surface area contributed by atoms with Gasteiger partial charge in [0.1, 0.15) is 36.5 Å². The first-order valence-electron chi connectivity index (χ1n) is 26.3. The minimum Gasteiger partial charge on any atom is -0.496 e. The van der Waals surface area contributed by atoms with E-state index in [2.05, 4.69) is 20.9 Å². The van der Waals surface area contributed by atoms with E-state index in [0.717, 1.165) is 39.1 Å². The molecule has 0 unspecified atom stereocenters. The molecule has 21 nitrogen and oxygen atoms in total. The summed E-state index contributed by atoms with van der Waals surface area (Å²) in [6.07, 6.45) is 2.45. The Morgan fingerprint density at radius 2 is 1.46 bits per heavy atom. The highest BCUT2D eigenvalue weighted by molar-refractivity contribution is 7.85. The molecule has 430 valence electrons. The predicted octanol–water partition coefficient (Wildman–Crippen LogP) is 7.45. The van der Waals surface area contributed by atoms with Gasteiger partial charge in [0.2, 0.25) is 5.91 Å². The summed E-state index contributed by atoms with van der Waals surface area (Å²) in [5.41, 5.74) is 8.52. The number of anilines is 1. The zero-order valence-electron chi connectivity index (χ0n) is 44.9. The molecular weight excluding hydrogens is 1110 g/mol. The summed E-state index contributed by atoms with van der Waals surface area (Å²) in [4.78, 5) is 46.4. The number of aromatic nitrogens is 3. The lowest BCUT2D eigenvalue weighted by Gasteiger charge is -2.41. The van der Waals surface area contributed by atoms with Crippen molar-refractivity contribution in [2.45, 2.75) is 38.0 Å². The summed E-state index contributed by atoms with van der Waals surface area (Å²) < 4.78 is 80.5. The molecule has 0 saturated carbocycles. The molecule has 0 bridgehead atoms. The highest BCUT2D eigenvalue weighted by Crippen LogP contribution is 2.47. The fourth-order valence-electron chi connectivity index (χ4n) is 9.92. The van der Waals surface area contributed by atoms with Crippen LogP contribution in [0.1, 0.15) is 46.9 Å². The van der Waals surface area contributed by atoms with E-state index in [0.29, 0.717) is 103 Å². The van der Waals surface area contributed by atoms with E-state index >= 15 is 0 Å². The molecule has 1 atom stereocenters. The molecule has 0 spiro atoms. The lowest BCUT2D eigenvalue weighted by Crippen LogP contribution is -2.55. The Labute approximate surface area is 479 Å². The van der Waals surface area contributed by atoms with Crippen LogP contribution in [0, 0.1) is 0 Å². The normalized spacial score (nSPS) is 14.7. The maximum atomic E-state index is 14.4. The summed E-state index contributed by atoms with van der Waals surface area (Å²) in [5, 5.41) is 13.9. The number of fused-ring (bicyclic) bond motifs is 6. The van der Waals surface area contributed by atoms with Gasteiger partial charge in [0, 0.05) is 76.3 Å². The third-order valence-electron chi connectivity index (χ3n) is 13.7. The van der Waals surface area contributed by atoms with Gasteiger partial charge in [0.05, 0.1) is 95.8 Å². The quantitative estimate of drug-likeness (QED) is 0.0304. The van der Waals surface area contributed by atoms with Crippen LogP contribution in [0.2, 0.25) is 10.0 Å². The van der Waals surface area contributed by atoms with Crippen LogP contribution in [0.4, 0.5) is 10.5 Å². The standard InChI is InChI=1S/C57H63Cl2N7O14S/c1-57(2)35-78-17-14-65(57)55(68)52-48-33-79-51-29-50(73-3)45(28-46(51)53(48)66(64-52)40-26-37(58)25-38(59)27-40)36-24-39(31-60-30-36)61-12-15-74-18-20-76-22-23-77-21-19-75-16-13-62-54(67)49(34-81(70,71)72)63-56(69)80-32-47-43-10-6-4-8-41(43)42-9-5-7-11-44(42)47/h4-11,24-31,47,49,61H,12-23,32-35H2,1-3H3,(H,62,67)(H,63,69)(H,70,71,72)/t49-/m0/s1. The van der Waals surface area contributed by atoms with Crippen molar-refractivity contribution in [3.8, 4) is 50.7 Å². The zero-order chi connectivity index (χ0) is 57.1. The number of carbonyl (C=O) groups excluding carboxylic acids is 3. The van der Waals surface area contributed by atoms with Crippen LogP contribution in [0.3, 0.4) is 0 Å². The molecule has 2 aromatic heterocycles. The molecule has 3 aliphatic rings. The molecule has 3 amide bonds. The highest BCUT2D eigenvalue weighted by Gasteiger charge is 2.40. The SMILES string of the molecule is COc1cc2c(cc1-c1cncc(NCCOCCOCCOCCOCCNC(=O)[C@H](CS(=O)(=O)O)NC(=O)OCC3c4ccccc4-c4ccccc43)c1)-c1c(c(C(=O)N3CCOCC3(C)C)nn1-c1cc(Cl)cc(Cl)c1)CO2. The lowest BCUT2D eigenvalue weighted by atomic mass is 9.95. The maximum absolute atomic E-state index is 14.4. The van der Waals surface area contributed by atoms with Crippen molar-refractivity contribution in [1.29, 1.82) is 0 Å². The minimum absolute atomic E-state index is 0.00373. The van der Waals surface area contributed by atoms with Crippen molar-refractivity contribution in [2.24, 2.45) is 0 Å². The second-order valence-electron chi connectivity index (χ2n) is 19.8. The van der Waals surface area contributed by atoms with Gasteiger partial charge in [-0.05, 0) is 66.4 Å². The maximum Gasteiger partial charge on any atom is 0.407 e. The zero-order valence-corrected chi connectivity index (χ0v) is 47.2. The number of hydrogen-bond donors (Lipinski definition) is 4. The molecule has 1 fully saturated rings. The van der Waals surface area contributed by atoms with Crippen molar-refractivity contribution in [3.63, 3.8) is 0 Å². The predicted molar refractivity (Wildman–Crippen MR) is 302 cm³/mol. The largest absolute Gasteiger partial charge is 0.496 e. The molecule has 4 N–H and O–H groups in total. The monoisotopic (exact) mass is 1170 g/mol. The number of alkyl carbamates (subject to hydrolysis) is 1. The molecule has 1 saturated heterocycles. The van der Waals surface area contributed by atoms with E-state index in [1.54, 1.807) is 47.3 Å². The summed E-state index contributed by atoms with van der Waals surface area (Å²) in [6, 6.07) is 24.8. The van der Waals surface area contributed by atoms with Gasteiger partial charge in [-0.15, -0.1) is 0 Å². The Morgan fingerprint density at radius 3 is 2.10 bits per heavy atom. The molecule has 81 heavy (non-hydrogen) atoms. The number of ether oxygens (including phenoxy) is 8. The molecule has 4 aromatic carbocycles. The number of methoxy groups -OCH3 is 1. The second-order valence-corrected chi connectivity index (χ2v) is 22.1. The van der Waals surface area contributed by atoms with Crippen molar-refractivity contribution < 1.29 is 65.2 Å². The van der Waals surface area contributed by atoms with E-state index in [-0.39, 0.29) is 57.1 Å². The summed E-state index contributed by atoms with van der Waals surface area (Å²) >= 11 is 13.0. The van der Waals surface area contributed by atoms with Gasteiger partial charge in [-0.1, -0.05) is 71.7 Å². The van der Waals surface area contributed by atoms with Crippen molar-refractivity contribution in [3.05, 3.63) is 130 Å². The minimum atomic E-state index is -4.64. The Kier molecular flexibility index (Phi) is 19.5. The fourth-order valence-corrected chi connectivity index (χ4v) is 11.1. The highest BCUT2D eigenvalue weighted by atomic mass is 35.5. The smallest absolute Gasteiger partial charge is 0.407 e. The number of nitrogens with one attached hydrogen (secondary N) is 3. The number of halogens is 2. The summed E-state index contributed by atoms with van der Waals surface area (Å²) in [6.45, 7) is 7.93. The van der Waals surface area contributed by atoms with Crippen LogP contribution in [-0.2, 0) is 49.9 Å². The van der Waals surface area contributed by atoms with Crippen LogP contribution in [-0.4, -0.2) is 167 Å². The Hall–Kier alpha value is -6.86. The molecular formula is C57H63Cl2N7O14S. The number of pyridine rings is 1. The van der Waals surface area contributed by atoms with Gasteiger partial charge in [-0.2, -0.15) is 13.5 Å². The first-order valence-corrected chi connectivity index (χ1v) is 28.6. The number of hydrogen-bond acceptors (Lipinski definition) is 16. The number of carbonyl (C=O) groups is 3. The summed E-state index contributed by atoms with van der Waals surface area (Å²) in [7, 11) is -3.06. The van der Waals surface area contributed by atoms with Crippen LogP contribution in [0.25, 0.3) is 39.2 Å². The van der Waals surface area contributed by atoms with E-state index in [1.165, 1.54) is 0 Å². The van der Waals surface area contributed by atoms with Crippen molar-refractivity contribution >= 4 is 56.9 Å². The van der Waals surface area contributed by atoms with Gasteiger partial charge >= 0.3 is 6.09 Å². The van der Waals surface area contributed by atoms with Gasteiger partial charge in [-0.25, -0.2) is 9.48 Å². The number of nitrogens with zero attached hydrogens (tertiary/aromatic N) is 4. The first-order chi connectivity index (χ1) is 39.1. The van der Waals surface area contributed by atoms with Crippen LogP contribution < -0.4 is 25.4 Å². The van der Waals surface area contributed by atoms with E-state index in [4.69, 9.17) is 66.2 Å². The van der Waals surface area contributed by atoms with Gasteiger partial charge in [-0.3, -0.25) is 19.1 Å². The summed E-state index contributed by atoms with van der Waals surface area (Å²) in [5.74, 6) is -1.27. The first kappa shape index (κ1) is 58.8. The topological polar surface area (TPSA) is 249 Å². The molecule has 9 rings (SSSR count). The molecule has 1 aliphatic carbocycles. The van der Waals surface area contributed by atoms with E-state index in [9.17, 15) is 27.4 Å². The molecule has 24 heteroatoms. The van der Waals surface area contributed by atoms with E-state index in [1.807, 2.05) is 80.6 Å².